The van der Waals surface area contributed by atoms with Gasteiger partial charge >= 0.3 is 0 Å². The first-order valence-electron chi connectivity index (χ1n) is 11.3. The fraction of sp³-hybridized carbons (Fsp3) is 0.792. The number of hydrogen-bond acceptors (Lipinski definition) is 2. The van der Waals surface area contributed by atoms with Gasteiger partial charge in [0.2, 0.25) is 8.32 Å². The smallest absolute Gasteiger partial charge is 0.250 e. The highest BCUT2D eigenvalue weighted by molar-refractivity contribution is 6.74. The van der Waals surface area contributed by atoms with Crippen LogP contribution in [0, 0.1) is 41.4 Å². The molecule has 148 valence electrons. The van der Waals surface area contributed by atoms with Gasteiger partial charge in [0, 0.05) is 18.3 Å². The van der Waals surface area contributed by atoms with Crippen LogP contribution in [0.5, 0.6) is 0 Å². The topological polar surface area (TPSA) is 26.3 Å². The third kappa shape index (κ3) is 2.52. The van der Waals surface area contributed by atoms with Gasteiger partial charge in [0.1, 0.15) is 5.78 Å². The molecule has 7 atom stereocenters. The van der Waals surface area contributed by atoms with Crippen molar-refractivity contribution < 1.29 is 9.22 Å². The molecule has 0 unspecified atom stereocenters. The molecule has 27 heavy (non-hydrogen) atoms. The molecule has 3 heteroatoms. The van der Waals surface area contributed by atoms with Gasteiger partial charge in [0.15, 0.2) is 0 Å². The number of Topliss-reactive ketones (excluding diaryl/α,β-unsaturated/α-hetero) is 1. The monoisotopic (exact) mass is 384 g/mol. The van der Waals surface area contributed by atoms with Gasteiger partial charge in [0.25, 0.3) is 0 Å². The van der Waals surface area contributed by atoms with Crippen LogP contribution in [0.2, 0.25) is 18.1 Å². The zero-order chi connectivity index (χ0) is 19.1. The molecule has 5 rings (SSSR count). The summed E-state index contributed by atoms with van der Waals surface area (Å²) < 4.78 is 6.97. The van der Waals surface area contributed by atoms with Gasteiger partial charge in [-0.3, -0.25) is 4.79 Å². The van der Waals surface area contributed by atoms with Gasteiger partial charge in [-0.05, 0) is 79.0 Å². The lowest BCUT2D eigenvalue weighted by Crippen LogP contribution is -2.43. The number of fused-ring (bicyclic) bond motifs is 9. The van der Waals surface area contributed by atoms with Crippen molar-refractivity contribution in [3.05, 3.63) is 23.5 Å². The Balaban J connectivity index is 1.52. The van der Waals surface area contributed by atoms with Crippen molar-refractivity contribution in [1.82, 2.24) is 0 Å². The van der Waals surface area contributed by atoms with Crippen LogP contribution in [0.4, 0.5) is 0 Å². The normalized spacial score (nSPS) is 43.0. The van der Waals surface area contributed by atoms with E-state index in [9.17, 15) is 4.79 Å². The Morgan fingerprint density at radius 2 is 1.81 bits per heavy atom. The van der Waals surface area contributed by atoms with Gasteiger partial charge in [0.05, 0.1) is 5.76 Å². The second kappa shape index (κ2) is 5.84. The number of ketones is 1. The summed E-state index contributed by atoms with van der Waals surface area (Å²) in [6, 6.07) is 0. The molecule has 0 N–H and O–H groups in total. The van der Waals surface area contributed by atoms with Crippen molar-refractivity contribution >= 4 is 14.1 Å². The maximum Gasteiger partial charge on any atom is 0.250 e. The maximum atomic E-state index is 13.5. The van der Waals surface area contributed by atoms with Crippen molar-refractivity contribution in [3.63, 3.8) is 0 Å². The second-order valence-electron chi connectivity index (χ2n) is 11.5. The van der Waals surface area contributed by atoms with Crippen LogP contribution in [0.3, 0.4) is 0 Å². The zero-order valence-corrected chi connectivity index (χ0v) is 18.8. The molecule has 0 aromatic carbocycles. The maximum absolute atomic E-state index is 13.5. The summed E-state index contributed by atoms with van der Waals surface area (Å²) >= 11 is 0. The lowest BCUT2D eigenvalue weighted by atomic mass is 9.64. The molecule has 5 aliphatic carbocycles. The molecule has 3 saturated carbocycles. The number of rotatable bonds is 2. The minimum atomic E-state index is -1.84. The highest BCUT2D eigenvalue weighted by atomic mass is 28.4. The standard InChI is InChI=1S/C24H36O2Si/c1-24(2,3)27(4,5)26-19-13-18-20-14-10-11-15(12-14)21(20)23(25)22(18)17-9-7-6-8-16(17)19/h10-11,14-15,17-18,20-22H,6-9,12-13H2,1-5H3/t14-,15+,17+,18+,20+,21+,22-/m0/s1. The molecule has 5 aliphatic rings. The van der Waals surface area contributed by atoms with E-state index in [4.69, 9.17) is 4.43 Å². The first kappa shape index (κ1) is 18.2. The first-order chi connectivity index (χ1) is 12.7. The average molecular weight is 385 g/mol. The quantitative estimate of drug-likeness (QED) is 0.424. The summed E-state index contributed by atoms with van der Waals surface area (Å²) in [5, 5.41) is 0.227. The van der Waals surface area contributed by atoms with E-state index in [0.29, 0.717) is 47.2 Å². The van der Waals surface area contributed by atoms with E-state index in [-0.39, 0.29) is 5.04 Å². The van der Waals surface area contributed by atoms with E-state index in [1.807, 2.05) is 0 Å². The molecule has 0 heterocycles. The average Bonchev–Trinajstić information content (AvgIpc) is 3.27. The van der Waals surface area contributed by atoms with Crippen LogP contribution >= 0.6 is 0 Å². The number of carbonyl (C=O) groups is 1. The highest BCUT2D eigenvalue weighted by Gasteiger charge is 2.63. The van der Waals surface area contributed by atoms with E-state index in [0.717, 1.165) is 6.42 Å². The largest absolute Gasteiger partial charge is 0.547 e. The summed E-state index contributed by atoms with van der Waals surface area (Å²) in [5.74, 6) is 5.50. The van der Waals surface area contributed by atoms with Crippen LogP contribution in [0.15, 0.2) is 23.5 Å². The molecule has 2 bridgehead atoms. The molecule has 0 aromatic heterocycles. The molecule has 0 aliphatic heterocycles. The van der Waals surface area contributed by atoms with Gasteiger partial charge in [-0.25, -0.2) is 0 Å². The van der Waals surface area contributed by atoms with E-state index in [2.05, 4.69) is 46.0 Å². The van der Waals surface area contributed by atoms with Crippen molar-refractivity contribution in [2.75, 3.05) is 0 Å². The minimum absolute atomic E-state index is 0.227. The fourth-order valence-corrected chi connectivity index (χ4v) is 8.11. The first-order valence-corrected chi connectivity index (χ1v) is 14.2. The third-order valence-electron chi connectivity index (χ3n) is 9.19. The molecule has 0 spiro atoms. The van der Waals surface area contributed by atoms with Crippen molar-refractivity contribution in [3.8, 4) is 0 Å². The van der Waals surface area contributed by atoms with E-state index < -0.39 is 8.32 Å². The van der Waals surface area contributed by atoms with Gasteiger partial charge < -0.3 is 4.43 Å². The molecule has 0 radical (unpaired) electrons. The Hall–Kier alpha value is -0.833. The molecule has 0 amide bonds. The van der Waals surface area contributed by atoms with Crippen molar-refractivity contribution in [2.24, 2.45) is 41.4 Å². The SMILES string of the molecule is CC(C)(C)[Si](C)(C)OC1=C2CCCC[C@H]2[C@@H]2C(=O)[C@H]3[C@@H]([C@H]2C1)[C@H]1C=C[C@@H]3C1. The Morgan fingerprint density at radius 1 is 1.07 bits per heavy atom. The fourth-order valence-electron chi connectivity index (χ4n) is 6.97. The van der Waals surface area contributed by atoms with Crippen molar-refractivity contribution in [2.45, 2.75) is 77.4 Å². The number of hydrogen-bond donors (Lipinski definition) is 0. The van der Waals surface area contributed by atoms with Crippen LogP contribution in [0.25, 0.3) is 0 Å². The van der Waals surface area contributed by atoms with Gasteiger partial charge in [-0.2, -0.15) is 0 Å². The summed E-state index contributed by atoms with van der Waals surface area (Å²) in [5.41, 5.74) is 1.56. The molecule has 0 aromatic rings. The Bertz CT molecular complexity index is 725. The predicted octanol–water partition coefficient (Wildman–Crippen LogP) is 6.11. The van der Waals surface area contributed by atoms with Gasteiger partial charge in [-0.15, -0.1) is 0 Å². The summed E-state index contributed by atoms with van der Waals surface area (Å²) in [6.45, 7) is 11.8. The molecule has 3 fully saturated rings. The second-order valence-corrected chi connectivity index (χ2v) is 16.2. The summed E-state index contributed by atoms with van der Waals surface area (Å²) in [6.07, 6.45) is 12.1. The Morgan fingerprint density at radius 3 is 2.56 bits per heavy atom. The van der Waals surface area contributed by atoms with E-state index in [1.54, 1.807) is 5.57 Å². The molecular formula is C24H36O2Si. The van der Waals surface area contributed by atoms with Crippen LogP contribution < -0.4 is 0 Å². The Labute approximate surface area is 166 Å². The minimum Gasteiger partial charge on any atom is -0.547 e. The molecule has 0 saturated heterocycles. The number of allylic oxidation sites excluding steroid dienone is 4. The third-order valence-corrected chi connectivity index (χ3v) is 13.6. The Kier molecular flexibility index (Phi) is 3.94. The lowest BCUT2D eigenvalue weighted by Gasteiger charge is -2.45. The van der Waals surface area contributed by atoms with Crippen LogP contribution in [0.1, 0.15) is 59.3 Å². The van der Waals surface area contributed by atoms with Gasteiger partial charge in [-0.1, -0.05) is 39.3 Å². The van der Waals surface area contributed by atoms with Crippen LogP contribution in [-0.2, 0) is 9.22 Å². The lowest BCUT2D eigenvalue weighted by molar-refractivity contribution is -0.126. The molecular weight excluding hydrogens is 348 g/mol. The molecule has 2 nitrogen and oxygen atoms in total. The van der Waals surface area contributed by atoms with E-state index in [1.165, 1.54) is 37.9 Å². The number of carbonyl (C=O) groups excluding carboxylic acids is 1. The summed E-state index contributed by atoms with van der Waals surface area (Å²) in [7, 11) is -1.84. The predicted molar refractivity (Wildman–Crippen MR) is 112 cm³/mol. The zero-order valence-electron chi connectivity index (χ0n) is 17.8. The van der Waals surface area contributed by atoms with E-state index >= 15 is 0 Å². The van der Waals surface area contributed by atoms with Crippen LogP contribution in [-0.4, -0.2) is 14.1 Å². The van der Waals surface area contributed by atoms with Crippen molar-refractivity contribution in [1.29, 1.82) is 0 Å². The highest BCUT2D eigenvalue weighted by Crippen LogP contribution is 2.64. The summed E-state index contributed by atoms with van der Waals surface area (Å²) in [4.78, 5) is 13.5.